The molecule has 178 valence electrons. The molecule has 0 aliphatic heterocycles. The van der Waals surface area contributed by atoms with E-state index >= 15 is 0 Å². The number of aliphatic hydroxyl groups excluding tert-OH is 1. The lowest BCUT2D eigenvalue weighted by Gasteiger charge is -2.34. The van der Waals surface area contributed by atoms with Crippen LogP contribution in [0.3, 0.4) is 0 Å². The minimum atomic E-state index is -4.02. The molecule has 2 aliphatic carbocycles. The molecule has 2 aliphatic rings. The predicted octanol–water partition coefficient (Wildman–Crippen LogP) is 3.96. The molecule has 2 unspecified atom stereocenters. The lowest BCUT2D eigenvalue weighted by Crippen LogP contribution is -2.43. The number of ether oxygens (including phenoxy) is 1. The highest BCUT2D eigenvalue weighted by atomic mass is 35.5. The number of anilines is 1. The third kappa shape index (κ3) is 3.92. The highest BCUT2D eigenvalue weighted by Crippen LogP contribution is 2.56. The summed E-state index contributed by atoms with van der Waals surface area (Å²) in [5.41, 5.74) is -1.40. The Morgan fingerprint density at radius 1 is 1.21 bits per heavy atom. The van der Waals surface area contributed by atoms with Gasteiger partial charge >= 0.3 is 0 Å². The third-order valence-corrected chi connectivity index (χ3v) is 9.59. The third-order valence-electron chi connectivity index (χ3n) is 6.77. The second-order valence-corrected chi connectivity index (χ2v) is 10.9. The van der Waals surface area contributed by atoms with Crippen LogP contribution in [-0.2, 0) is 14.6 Å². The van der Waals surface area contributed by atoms with Gasteiger partial charge in [-0.25, -0.2) is 21.6 Å². The Kier molecular flexibility index (Phi) is 6.24. The van der Waals surface area contributed by atoms with Crippen molar-refractivity contribution >= 4 is 33.0 Å². The molecule has 2 aromatic carbocycles. The number of carbonyl (C=O) groups excluding carboxylic acids is 1. The van der Waals surface area contributed by atoms with Gasteiger partial charge in [-0.2, -0.15) is 0 Å². The van der Waals surface area contributed by atoms with Crippen LogP contribution in [0.4, 0.5) is 18.9 Å². The molecule has 11 heteroatoms. The monoisotopic (exact) mass is 503 g/mol. The first-order valence-corrected chi connectivity index (χ1v) is 12.1. The highest BCUT2D eigenvalue weighted by molar-refractivity contribution is 7.92. The summed E-state index contributed by atoms with van der Waals surface area (Å²) in [5, 5.41) is 11.2. The number of sulfone groups is 1. The zero-order valence-corrected chi connectivity index (χ0v) is 19.0. The van der Waals surface area contributed by atoms with E-state index in [-0.39, 0.29) is 33.7 Å². The molecule has 2 saturated carbocycles. The van der Waals surface area contributed by atoms with Gasteiger partial charge < -0.3 is 15.2 Å². The molecule has 0 heterocycles. The van der Waals surface area contributed by atoms with Gasteiger partial charge in [0.2, 0.25) is 0 Å². The first-order valence-electron chi connectivity index (χ1n) is 10.2. The largest absolute Gasteiger partial charge is 0.393 e. The molecule has 33 heavy (non-hydrogen) atoms. The number of benzene rings is 2. The normalized spacial score (nSPS) is 26.5. The van der Waals surface area contributed by atoms with Gasteiger partial charge in [0.1, 0.15) is 0 Å². The molecule has 0 spiro atoms. The fraction of sp³-hybridized carbons (Fsp3) is 0.409. The van der Waals surface area contributed by atoms with E-state index in [1.165, 1.54) is 19.2 Å². The average molecular weight is 504 g/mol. The maximum Gasteiger partial charge on any atom is 0.255 e. The van der Waals surface area contributed by atoms with Crippen molar-refractivity contribution in [3.8, 4) is 0 Å². The number of carbonyl (C=O) groups is 1. The molecule has 2 fully saturated rings. The van der Waals surface area contributed by atoms with Gasteiger partial charge in [0, 0.05) is 36.4 Å². The number of methoxy groups -OCH3 is 1. The lowest BCUT2D eigenvalue weighted by molar-refractivity contribution is -0.0883. The van der Waals surface area contributed by atoms with Crippen LogP contribution in [0, 0.1) is 29.3 Å². The number of halogens is 4. The number of nitrogens with one attached hydrogen (secondary N) is 1. The van der Waals surface area contributed by atoms with Crippen molar-refractivity contribution < 1.29 is 36.2 Å². The summed E-state index contributed by atoms with van der Waals surface area (Å²) in [6.07, 6.45) is 1.63. The summed E-state index contributed by atoms with van der Waals surface area (Å²) in [7, 11) is -2.57. The Morgan fingerprint density at radius 3 is 2.45 bits per heavy atom. The van der Waals surface area contributed by atoms with E-state index < -0.39 is 50.0 Å². The number of fused-ring (bicyclic) bond motifs is 2. The zero-order chi connectivity index (χ0) is 24.1. The van der Waals surface area contributed by atoms with Crippen molar-refractivity contribution in [1.29, 1.82) is 0 Å². The molecule has 0 saturated heterocycles. The van der Waals surface area contributed by atoms with Crippen LogP contribution in [0.25, 0.3) is 0 Å². The highest BCUT2D eigenvalue weighted by Gasteiger charge is 2.62. The molecule has 1 amide bonds. The number of aliphatic hydroxyl groups is 1. The van der Waals surface area contributed by atoms with Gasteiger partial charge in [-0.1, -0.05) is 11.6 Å². The van der Waals surface area contributed by atoms with Gasteiger partial charge in [0.05, 0.1) is 27.4 Å². The molecule has 2 N–H and O–H groups in total. The minimum Gasteiger partial charge on any atom is -0.393 e. The van der Waals surface area contributed by atoms with Crippen LogP contribution in [-0.4, -0.2) is 44.0 Å². The smallest absolute Gasteiger partial charge is 0.255 e. The summed E-state index contributed by atoms with van der Waals surface area (Å²) < 4.78 is 72.8. The SMILES string of the molecule is CO[C@@]1(CO)CC2CCC1[C@@H]2S(=O)(=O)c1cc(C(=O)Nc2cc(F)c(F)c(F)c2)ccc1Cl. The number of hydrogen-bond acceptors (Lipinski definition) is 5. The zero-order valence-electron chi connectivity index (χ0n) is 17.4. The molecule has 0 radical (unpaired) electrons. The fourth-order valence-electron chi connectivity index (χ4n) is 5.22. The van der Waals surface area contributed by atoms with Gasteiger partial charge in [-0.3, -0.25) is 4.79 Å². The van der Waals surface area contributed by atoms with E-state index in [0.29, 0.717) is 31.4 Å². The number of amides is 1. The Balaban J connectivity index is 1.66. The van der Waals surface area contributed by atoms with Crippen molar-refractivity contribution in [3.05, 3.63) is 58.4 Å². The van der Waals surface area contributed by atoms with E-state index in [1.807, 2.05) is 0 Å². The summed E-state index contributed by atoms with van der Waals surface area (Å²) in [5.74, 6) is -6.15. The quantitative estimate of drug-likeness (QED) is 0.582. The predicted molar refractivity (Wildman–Crippen MR) is 114 cm³/mol. The van der Waals surface area contributed by atoms with Crippen LogP contribution in [0.5, 0.6) is 0 Å². The Bertz CT molecular complexity index is 1200. The van der Waals surface area contributed by atoms with Crippen LogP contribution in [0.1, 0.15) is 29.6 Å². The van der Waals surface area contributed by atoms with Crippen molar-refractivity contribution in [2.45, 2.75) is 35.0 Å². The van der Waals surface area contributed by atoms with E-state index in [9.17, 15) is 31.5 Å². The van der Waals surface area contributed by atoms with Crippen LogP contribution < -0.4 is 5.32 Å². The summed E-state index contributed by atoms with van der Waals surface area (Å²) >= 11 is 6.21. The van der Waals surface area contributed by atoms with E-state index in [2.05, 4.69) is 5.32 Å². The van der Waals surface area contributed by atoms with Crippen LogP contribution in [0.15, 0.2) is 35.2 Å². The first kappa shape index (κ1) is 24.0. The van der Waals surface area contributed by atoms with Crippen molar-refractivity contribution in [2.24, 2.45) is 11.8 Å². The van der Waals surface area contributed by atoms with Gasteiger partial charge in [-0.15, -0.1) is 0 Å². The van der Waals surface area contributed by atoms with Crippen molar-refractivity contribution in [2.75, 3.05) is 19.0 Å². The standard InChI is InChI=1S/C22H21ClF3NO5S/c1-32-22(10-28)9-12-2-4-14(22)20(12)33(30,31)18-6-11(3-5-15(18)23)21(29)27-13-7-16(24)19(26)17(25)8-13/h3,5-8,12,14,20,28H,2,4,9-10H2,1H3,(H,27,29)/t12?,14?,20-,22-/m1/s1. The Labute approximate surface area is 193 Å². The van der Waals surface area contributed by atoms with Crippen LogP contribution in [0.2, 0.25) is 5.02 Å². The maximum atomic E-state index is 13.6. The molecule has 2 aromatic rings. The molecule has 0 aromatic heterocycles. The molecule has 4 rings (SSSR count). The van der Waals surface area contributed by atoms with E-state index in [0.717, 1.165) is 6.07 Å². The summed E-state index contributed by atoms with van der Waals surface area (Å²) in [6.45, 7) is -0.308. The second-order valence-electron chi connectivity index (χ2n) is 8.44. The lowest BCUT2D eigenvalue weighted by atomic mass is 9.85. The molecular formula is C22H21ClF3NO5S. The Hall–Kier alpha value is -2.14. The van der Waals surface area contributed by atoms with Gasteiger partial charge in [0.15, 0.2) is 27.3 Å². The van der Waals surface area contributed by atoms with Crippen molar-refractivity contribution in [1.82, 2.24) is 0 Å². The molecular weight excluding hydrogens is 483 g/mol. The van der Waals surface area contributed by atoms with Crippen molar-refractivity contribution in [3.63, 3.8) is 0 Å². The van der Waals surface area contributed by atoms with E-state index in [4.69, 9.17) is 16.3 Å². The molecule has 4 atom stereocenters. The maximum absolute atomic E-state index is 13.6. The molecule has 6 nitrogen and oxygen atoms in total. The van der Waals surface area contributed by atoms with Gasteiger partial charge in [0.25, 0.3) is 5.91 Å². The minimum absolute atomic E-state index is 0.0799. The average Bonchev–Trinajstić information content (AvgIpc) is 3.35. The van der Waals surface area contributed by atoms with Crippen LogP contribution >= 0.6 is 11.6 Å². The second kappa shape index (κ2) is 8.57. The fourth-order valence-corrected chi connectivity index (χ4v) is 8.14. The number of hydrogen-bond donors (Lipinski definition) is 2. The summed E-state index contributed by atoms with van der Waals surface area (Å²) in [6, 6.07) is 4.85. The van der Waals surface area contributed by atoms with Gasteiger partial charge in [-0.05, 0) is 43.4 Å². The van der Waals surface area contributed by atoms with E-state index in [1.54, 1.807) is 0 Å². The Morgan fingerprint density at radius 2 is 1.88 bits per heavy atom. The summed E-state index contributed by atoms with van der Waals surface area (Å²) in [4.78, 5) is 12.4. The number of rotatable bonds is 6. The topological polar surface area (TPSA) is 92.7 Å². The molecule has 2 bridgehead atoms. The first-order chi connectivity index (χ1) is 15.5.